The molecule has 7 heteroatoms. The van der Waals surface area contributed by atoms with Crippen molar-refractivity contribution in [1.29, 1.82) is 0 Å². The zero-order chi connectivity index (χ0) is 21.5. The van der Waals surface area contributed by atoms with Gasteiger partial charge in [0.25, 0.3) is 0 Å². The van der Waals surface area contributed by atoms with Gasteiger partial charge in [0.15, 0.2) is 0 Å². The number of aromatic nitrogens is 3. The van der Waals surface area contributed by atoms with Crippen molar-refractivity contribution < 1.29 is 9.18 Å². The predicted octanol–water partition coefficient (Wildman–Crippen LogP) is 5.51. The van der Waals surface area contributed by atoms with Gasteiger partial charge in [0.1, 0.15) is 11.6 Å². The number of rotatable bonds is 7. The van der Waals surface area contributed by atoms with Crippen molar-refractivity contribution in [2.75, 3.05) is 11.1 Å². The molecule has 0 spiro atoms. The lowest BCUT2D eigenvalue weighted by atomic mass is 10.0. The van der Waals surface area contributed by atoms with Crippen LogP contribution in [-0.4, -0.2) is 26.8 Å². The standard InChI is InChI=1S/C24H19FN4OS/c25-19-13-10-17(11-14-19)12-15-22-27-24(29-28-22)31-16-23(30)26-21-9-5-4-8-20(21)18-6-2-1-3-7-18/h1-15H,16H2,(H,26,30)(H,27,28,29)/b15-12+. The van der Waals surface area contributed by atoms with E-state index in [1.165, 1.54) is 23.9 Å². The summed E-state index contributed by atoms with van der Waals surface area (Å²) in [4.78, 5) is 16.8. The van der Waals surface area contributed by atoms with E-state index < -0.39 is 0 Å². The average molecular weight is 431 g/mol. The lowest BCUT2D eigenvalue weighted by molar-refractivity contribution is -0.113. The number of aromatic amines is 1. The van der Waals surface area contributed by atoms with Gasteiger partial charge in [-0.1, -0.05) is 78.5 Å². The van der Waals surface area contributed by atoms with Gasteiger partial charge in [-0.15, -0.1) is 5.10 Å². The molecule has 2 N–H and O–H groups in total. The first-order valence-electron chi connectivity index (χ1n) is 9.60. The highest BCUT2D eigenvalue weighted by molar-refractivity contribution is 7.99. The van der Waals surface area contributed by atoms with Crippen molar-refractivity contribution in [3.8, 4) is 11.1 Å². The van der Waals surface area contributed by atoms with Crippen LogP contribution in [0.2, 0.25) is 0 Å². The Balaban J connectivity index is 1.35. The Morgan fingerprint density at radius 2 is 1.71 bits per heavy atom. The smallest absolute Gasteiger partial charge is 0.234 e. The quantitative estimate of drug-likeness (QED) is 0.379. The molecule has 31 heavy (non-hydrogen) atoms. The van der Waals surface area contributed by atoms with Crippen LogP contribution >= 0.6 is 11.8 Å². The van der Waals surface area contributed by atoms with Gasteiger partial charge in [-0.2, -0.15) is 0 Å². The molecule has 0 fully saturated rings. The Bertz CT molecular complexity index is 1190. The monoisotopic (exact) mass is 430 g/mol. The van der Waals surface area contributed by atoms with Crippen molar-refractivity contribution in [3.05, 3.63) is 96.1 Å². The van der Waals surface area contributed by atoms with E-state index in [9.17, 15) is 9.18 Å². The summed E-state index contributed by atoms with van der Waals surface area (Å²) in [5.74, 6) is 0.325. The fourth-order valence-electron chi connectivity index (χ4n) is 2.92. The minimum absolute atomic E-state index is 0.137. The molecular weight excluding hydrogens is 411 g/mol. The summed E-state index contributed by atoms with van der Waals surface area (Å²) >= 11 is 1.24. The number of benzene rings is 3. The Morgan fingerprint density at radius 1 is 0.968 bits per heavy atom. The zero-order valence-electron chi connectivity index (χ0n) is 16.5. The molecule has 1 aromatic heterocycles. The van der Waals surface area contributed by atoms with E-state index in [0.717, 1.165) is 22.4 Å². The molecule has 1 amide bonds. The first-order chi connectivity index (χ1) is 15.2. The molecule has 154 valence electrons. The van der Waals surface area contributed by atoms with Gasteiger partial charge in [0, 0.05) is 11.3 Å². The van der Waals surface area contributed by atoms with Crippen molar-refractivity contribution in [2.45, 2.75) is 5.16 Å². The average Bonchev–Trinajstić information content (AvgIpc) is 3.26. The van der Waals surface area contributed by atoms with Crippen molar-refractivity contribution in [3.63, 3.8) is 0 Å². The lowest BCUT2D eigenvalue weighted by Gasteiger charge is -2.10. The Morgan fingerprint density at radius 3 is 2.52 bits per heavy atom. The molecule has 5 nitrogen and oxygen atoms in total. The minimum atomic E-state index is -0.278. The number of hydrogen-bond donors (Lipinski definition) is 2. The van der Waals surface area contributed by atoms with Gasteiger partial charge in [0.2, 0.25) is 11.1 Å². The van der Waals surface area contributed by atoms with Gasteiger partial charge in [-0.05, 0) is 35.4 Å². The zero-order valence-corrected chi connectivity index (χ0v) is 17.3. The third kappa shape index (κ3) is 5.67. The lowest BCUT2D eigenvalue weighted by Crippen LogP contribution is -2.14. The normalized spacial score (nSPS) is 11.0. The van der Waals surface area contributed by atoms with Crippen LogP contribution in [0.1, 0.15) is 11.4 Å². The maximum Gasteiger partial charge on any atom is 0.234 e. The molecule has 1 heterocycles. The number of nitrogens with one attached hydrogen (secondary N) is 2. The van der Waals surface area contributed by atoms with Gasteiger partial charge in [-0.25, -0.2) is 9.37 Å². The molecular formula is C24H19FN4OS. The number of thioether (sulfide) groups is 1. The van der Waals surface area contributed by atoms with E-state index in [2.05, 4.69) is 20.5 Å². The summed E-state index contributed by atoms with van der Waals surface area (Å²) in [6.07, 6.45) is 3.56. The molecule has 0 atom stereocenters. The largest absolute Gasteiger partial charge is 0.325 e. The minimum Gasteiger partial charge on any atom is -0.325 e. The molecule has 4 rings (SSSR count). The van der Waals surface area contributed by atoms with Gasteiger partial charge in [-0.3, -0.25) is 9.89 Å². The molecule has 0 unspecified atom stereocenters. The topological polar surface area (TPSA) is 70.7 Å². The van der Waals surface area contributed by atoms with E-state index in [-0.39, 0.29) is 17.5 Å². The SMILES string of the molecule is O=C(CSc1n[nH]c(/C=C/c2ccc(F)cc2)n1)Nc1ccccc1-c1ccccc1. The van der Waals surface area contributed by atoms with Crippen LogP contribution in [0.3, 0.4) is 0 Å². The summed E-state index contributed by atoms with van der Waals surface area (Å²) in [5, 5.41) is 10.4. The second-order valence-corrected chi connectivity index (χ2v) is 7.58. The van der Waals surface area contributed by atoms with Crippen LogP contribution in [-0.2, 0) is 4.79 Å². The molecule has 0 radical (unpaired) electrons. The molecule has 0 aliphatic rings. The van der Waals surface area contributed by atoms with Crippen molar-refractivity contribution >= 4 is 35.5 Å². The van der Waals surface area contributed by atoms with Gasteiger partial charge in [0.05, 0.1) is 5.75 Å². The number of halogens is 1. The highest BCUT2D eigenvalue weighted by atomic mass is 32.2. The number of anilines is 1. The number of hydrogen-bond acceptors (Lipinski definition) is 4. The van der Waals surface area contributed by atoms with Crippen LogP contribution in [0.15, 0.2) is 84.0 Å². The number of para-hydroxylation sites is 1. The Labute approximate surface area is 183 Å². The van der Waals surface area contributed by atoms with E-state index in [1.807, 2.05) is 60.7 Å². The van der Waals surface area contributed by atoms with Gasteiger partial charge >= 0.3 is 0 Å². The van der Waals surface area contributed by atoms with Crippen LogP contribution < -0.4 is 5.32 Å². The summed E-state index contributed by atoms with van der Waals surface area (Å²) in [6, 6.07) is 23.8. The van der Waals surface area contributed by atoms with Crippen molar-refractivity contribution in [1.82, 2.24) is 15.2 Å². The number of nitrogens with zero attached hydrogens (tertiary/aromatic N) is 2. The highest BCUT2D eigenvalue weighted by Crippen LogP contribution is 2.27. The number of carbonyl (C=O) groups excluding carboxylic acids is 1. The Hall–Kier alpha value is -3.71. The highest BCUT2D eigenvalue weighted by Gasteiger charge is 2.10. The number of H-pyrrole nitrogens is 1. The summed E-state index contributed by atoms with van der Waals surface area (Å²) in [6.45, 7) is 0. The fraction of sp³-hybridized carbons (Fsp3) is 0.0417. The first kappa shape index (κ1) is 20.6. The predicted molar refractivity (Wildman–Crippen MR) is 123 cm³/mol. The van der Waals surface area contributed by atoms with Crippen LogP contribution in [0.5, 0.6) is 0 Å². The Kier molecular flexibility index (Phi) is 6.54. The maximum atomic E-state index is 13.0. The summed E-state index contributed by atoms with van der Waals surface area (Å²) in [7, 11) is 0. The second-order valence-electron chi connectivity index (χ2n) is 6.64. The van der Waals surface area contributed by atoms with E-state index >= 15 is 0 Å². The number of carbonyl (C=O) groups is 1. The second kappa shape index (κ2) is 9.86. The molecule has 0 aliphatic carbocycles. The first-order valence-corrected chi connectivity index (χ1v) is 10.6. The van der Waals surface area contributed by atoms with E-state index in [1.54, 1.807) is 18.2 Å². The molecule has 0 bridgehead atoms. The van der Waals surface area contributed by atoms with Crippen molar-refractivity contribution in [2.24, 2.45) is 0 Å². The molecule has 0 saturated carbocycles. The third-order valence-electron chi connectivity index (χ3n) is 4.40. The van der Waals surface area contributed by atoms with Crippen LogP contribution in [0.25, 0.3) is 23.3 Å². The molecule has 4 aromatic rings. The third-order valence-corrected chi connectivity index (χ3v) is 5.25. The summed E-state index contributed by atoms with van der Waals surface area (Å²) in [5.41, 5.74) is 3.62. The maximum absolute atomic E-state index is 13.0. The molecule has 0 aliphatic heterocycles. The van der Waals surface area contributed by atoms with Gasteiger partial charge < -0.3 is 5.32 Å². The van der Waals surface area contributed by atoms with E-state index in [0.29, 0.717) is 11.0 Å². The molecule has 3 aromatic carbocycles. The summed E-state index contributed by atoms with van der Waals surface area (Å²) < 4.78 is 13.0. The van der Waals surface area contributed by atoms with E-state index in [4.69, 9.17) is 0 Å². The van der Waals surface area contributed by atoms with Crippen LogP contribution in [0, 0.1) is 5.82 Å². The number of amides is 1. The molecule has 0 saturated heterocycles. The van der Waals surface area contributed by atoms with Crippen LogP contribution in [0.4, 0.5) is 10.1 Å². The fourth-order valence-corrected chi connectivity index (χ4v) is 3.53.